The number of phenolic OH excluding ortho intramolecular Hbond substituents is 1. The summed E-state index contributed by atoms with van der Waals surface area (Å²) in [5.41, 5.74) is 2.00. The molecule has 1 heterocycles. The van der Waals surface area contributed by atoms with Crippen molar-refractivity contribution in [1.29, 1.82) is 0 Å². The van der Waals surface area contributed by atoms with Crippen molar-refractivity contribution in [2.24, 2.45) is 0 Å². The molecule has 3 rings (SSSR count). The summed E-state index contributed by atoms with van der Waals surface area (Å²) in [7, 11) is 0. The van der Waals surface area contributed by atoms with E-state index in [-0.39, 0.29) is 11.7 Å². The molecule has 24 heavy (non-hydrogen) atoms. The van der Waals surface area contributed by atoms with Crippen molar-refractivity contribution in [3.63, 3.8) is 0 Å². The van der Waals surface area contributed by atoms with Gasteiger partial charge in [0.1, 0.15) is 11.5 Å². The van der Waals surface area contributed by atoms with Gasteiger partial charge in [-0.25, -0.2) is 0 Å². The molecule has 0 saturated carbocycles. The molecule has 0 aliphatic carbocycles. The number of para-hydroxylation sites is 1. The minimum Gasteiger partial charge on any atom is -0.507 e. The van der Waals surface area contributed by atoms with E-state index < -0.39 is 0 Å². The zero-order valence-corrected chi connectivity index (χ0v) is 13.5. The Bertz CT molecular complexity index is 810. The number of carbonyl (C=O) groups excluding carboxylic acids is 1. The standard InChI is InChI=1S/C20H19NO3/c1-15-7-5-11-18(19(15)22)20(23)21(14-17-10-6-12-24-17)13-16-8-3-2-4-9-16/h2-12,22H,13-14H2,1H3. The zero-order chi connectivity index (χ0) is 16.9. The Morgan fingerprint density at radius 1 is 1.00 bits per heavy atom. The van der Waals surface area contributed by atoms with Gasteiger partial charge in [0.2, 0.25) is 0 Å². The quantitative estimate of drug-likeness (QED) is 0.768. The van der Waals surface area contributed by atoms with E-state index in [4.69, 9.17) is 4.42 Å². The number of benzene rings is 2. The molecule has 1 amide bonds. The fourth-order valence-electron chi connectivity index (χ4n) is 2.60. The maximum absolute atomic E-state index is 13.0. The Kier molecular flexibility index (Phi) is 4.66. The van der Waals surface area contributed by atoms with Crippen LogP contribution in [0.5, 0.6) is 5.75 Å². The first-order chi connectivity index (χ1) is 11.6. The molecule has 2 aromatic carbocycles. The summed E-state index contributed by atoms with van der Waals surface area (Å²) in [5, 5.41) is 10.2. The van der Waals surface area contributed by atoms with Gasteiger partial charge in [-0.3, -0.25) is 4.79 Å². The van der Waals surface area contributed by atoms with E-state index in [0.717, 1.165) is 5.56 Å². The Labute approximate surface area is 141 Å². The van der Waals surface area contributed by atoms with Gasteiger partial charge in [-0.2, -0.15) is 0 Å². The second-order valence-corrected chi connectivity index (χ2v) is 5.70. The van der Waals surface area contributed by atoms with Crippen LogP contribution in [-0.4, -0.2) is 15.9 Å². The normalized spacial score (nSPS) is 10.5. The molecule has 0 unspecified atom stereocenters. The van der Waals surface area contributed by atoms with Crippen molar-refractivity contribution in [2.75, 3.05) is 0 Å². The first kappa shape index (κ1) is 15.9. The number of hydrogen-bond donors (Lipinski definition) is 1. The molecule has 1 N–H and O–H groups in total. The molecule has 0 atom stereocenters. The van der Waals surface area contributed by atoms with Gasteiger partial charge < -0.3 is 14.4 Å². The van der Waals surface area contributed by atoms with Crippen LogP contribution in [0.3, 0.4) is 0 Å². The van der Waals surface area contributed by atoms with E-state index >= 15 is 0 Å². The van der Waals surface area contributed by atoms with Gasteiger partial charge in [-0.1, -0.05) is 42.5 Å². The van der Waals surface area contributed by atoms with Gasteiger partial charge in [0.25, 0.3) is 5.91 Å². The minimum atomic E-state index is -0.226. The van der Waals surface area contributed by atoms with Gasteiger partial charge in [-0.05, 0) is 36.2 Å². The topological polar surface area (TPSA) is 53.7 Å². The lowest BCUT2D eigenvalue weighted by Crippen LogP contribution is -2.30. The first-order valence-corrected chi connectivity index (χ1v) is 7.79. The molecule has 122 valence electrons. The van der Waals surface area contributed by atoms with E-state index in [1.165, 1.54) is 0 Å². The third-order valence-electron chi connectivity index (χ3n) is 3.90. The number of aryl methyl sites for hydroxylation is 1. The SMILES string of the molecule is Cc1cccc(C(=O)N(Cc2ccccc2)Cc2ccco2)c1O. The molecule has 4 heteroatoms. The van der Waals surface area contributed by atoms with Crippen LogP contribution in [0.15, 0.2) is 71.3 Å². The van der Waals surface area contributed by atoms with Crippen LogP contribution in [-0.2, 0) is 13.1 Å². The van der Waals surface area contributed by atoms with Crippen molar-refractivity contribution < 1.29 is 14.3 Å². The molecule has 0 saturated heterocycles. The molecular formula is C20H19NO3. The molecule has 0 fully saturated rings. The van der Waals surface area contributed by atoms with Crippen LogP contribution in [0, 0.1) is 6.92 Å². The van der Waals surface area contributed by atoms with Crippen LogP contribution < -0.4 is 0 Å². The highest BCUT2D eigenvalue weighted by Gasteiger charge is 2.21. The molecule has 4 nitrogen and oxygen atoms in total. The van der Waals surface area contributed by atoms with E-state index in [2.05, 4.69) is 0 Å². The maximum atomic E-state index is 13.0. The Morgan fingerprint density at radius 2 is 1.79 bits per heavy atom. The van der Waals surface area contributed by atoms with Gasteiger partial charge in [0.05, 0.1) is 18.4 Å². The van der Waals surface area contributed by atoms with E-state index in [9.17, 15) is 9.90 Å². The van der Waals surface area contributed by atoms with E-state index in [1.807, 2.05) is 36.4 Å². The second kappa shape index (κ2) is 7.04. The molecule has 0 aliphatic rings. The van der Waals surface area contributed by atoms with Crippen molar-refractivity contribution in [3.05, 3.63) is 89.4 Å². The summed E-state index contributed by atoms with van der Waals surface area (Å²) in [4.78, 5) is 14.6. The summed E-state index contributed by atoms with van der Waals surface area (Å²) in [6.45, 7) is 2.56. The van der Waals surface area contributed by atoms with Gasteiger partial charge >= 0.3 is 0 Å². The Balaban J connectivity index is 1.91. The van der Waals surface area contributed by atoms with Crippen molar-refractivity contribution in [3.8, 4) is 5.75 Å². The number of amides is 1. The number of nitrogens with zero attached hydrogens (tertiary/aromatic N) is 1. The van der Waals surface area contributed by atoms with Gasteiger partial charge in [-0.15, -0.1) is 0 Å². The number of carbonyl (C=O) groups is 1. The lowest BCUT2D eigenvalue weighted by Gasteiger charge is -2.22. The van der Waals surface area contributed by atoms with Crippen molar-refractivity contribution in [1.82, 2.24) is 4.90 Å². The highest BCUT2D eigenvalue weighted by Crippen LogP contribution is 2.24. The zero-order valence-electron chi connectivity index (χ0n) is 13.5. The predicted octanol–water partition coefficient (Wildman–Crippen LogP) is 4.14. The molecule has 3 aromatic rings. The van der Waals surface area contributed by atoms with Gasteiger partial charge in [0.15, 0.2) is 0 Å². The van der Waals surface area contributed by atoms with E-state index in [0.29, 0.717) is 30.0 Å². The average molecular weight is 321 g/mol. The summed E-state index contributed by atoms with van der Waals surface area (Å²) in [6.07, 6.45) is 1.59. The average Bonchev–Trinajstić information content (AvgIpc) is 3.10. The Morgan fingerprint density at radius 3 is 2.50 bits per heavy atom. The predicted molar refractivity (Wildman–Crippen MR) is 91.6 cm³/mol. The van der Waals surface area contributed by atoms with Crippen molar-refractivity contribution in [2.45, 2.75) is 20.0 Å². The number of rotatable bonds is 5. The number of hydrogen-bond acceptors (Lipinski definition) is 3. The molecular weight excluding hydrogens is 302 g/mol. The van der Waals surface area contributed by atoms with Crippen molar-refractivity contribution >= 4 is 5.91 Å². The Hall–Kier alpha value is -3.01. The highest BCUT2D eigenvalue weighted by molar-refractivity contribution is 5.97. The summed E-state index contributed by atoms with van der Waals surface area (Å²) >= 11 is 0. The molecule has 0 aliphatic heterocycles. The fraction of sp³-hybridized carbons (Fsp3) is 0.150. The van der Waals surface area contributed by atoms with Gasteiger partial charge in [0, 0.05) is 6.54 Å². The number of furan rings is 1. The third kappa shape index (κ3) is 3.49. The number of phenols is 1. The summed E-state index contributed by atoms with van der Waals surface area (Å²) in [5.74, 6) is 0.503. The second-order valence-electron chi connectivity index (χ2n) is 5.70. The maximum Gasteiger partial charge on any atom is 0.258 e. The van der Waals surface area contributed by atoms with Crippen LogP contribution >= 0.6 is 0 Å². The molecule has 0 spiro atoms. The molecule has 0 radical (unpaired) electrons. The summed E-state index contributed by atoms with van der Waals surface area (Å²) < 4.78 is 5.39. The summed E-state index contributed by atoms with van der Waals surface area (Å²) in [6, 6.07) is 18.6. The highest BCUT2D eigenvalue weighted by atomic mass is 16.3. The fourth-order valence-corrected chi connectivity index (χ4v) is 2.60. The lowest BCUT2D eigenvalue weighted by atomic mass is 10.1. The van der Waals surface area contributed by atoms with E-state index in [1.54, 1.807) is 42.4 Å². The first-order valence-electron chi connectivity index (χ1n) is 7.79. The van der Waals surface area contributed by atoms with Crippen LogP contribution in [0.1, 0.15) is 27.2 Å². The minimum absolute atomic E-state index is 0.0278. The molecule has 1 aromatic heterocycles. The third-order valence-corrected chi connectivity index (χ3v) is 3.90. The largest absolute Gasteiger partial charge is 0.507 e. The van der Waals surface area contributed by atoms with Crippen LogP contribution in [0.2, 0.25) is 0 Å². The number of aromatic hydroxyl groups is 1. The smallest absolute Gasteiger partial charge is 0.258 e. The molecule has 0 bridgehead atoms. The van der Waals surface area contributed by atoms with Crippen LogP contribution in [0.4, 0.5) is 0 Å². The van der Waals surface area contributed by atoms with Crippen LogP contribution in [0.25, 0.3) is 0 Å². The monoisotopic (exact) mass is 321 g/mol. The lowest BCUT2D eigenvalue weighted by molar-refractivity contribution is 0.0714.